The van der Waals surface area contributed by atoms with Crippen molar-refractivity contribution in [3.05, 3.63) is 95.3 Å². The van der Waals surface area contributed by atoms with Crippen LogP contribution in [0.5, 0.6) is 5.75 Å². The lowest BCUT2D eigenvalue weighted by molar-refractivity contribution is -0.141. The van der Waals surface area contributed by atoms with Crippen LogP contribution in [0.1, 0.15) is 56.8 Å². The molecule has 0 saturated carbocycles. The number of hydrogen-bond acceptors (Lipinski definition) is 3. The molecule has 4 rings (SSSR count). The van der Waals surface area contributed by atoms with Crippen molar-refractivity contribution in [2.24, 2.45) is 5.41 Å². The van der Waals surface area contributed by atoms with Gasteiger partial charge < -0.3 is 15.0 Å². The van der Waals surface area contributed by atoms with E-state index in [1.807, 2.05) is 81.1 Å². The average Bonchev–Trinajstić information content (AvgIpc) is 2.86. The maximum atomic E-state index is 13.7. The molecule has 6 heteroatoms. The van der Waals surface area contributed by atoms with E-state index in [1.165, 1.54) is 12.1 Å². The molecule has 0 bridgehead atoms. The van der Waals surface area contributed by atoms with E-state index in [4.69, 9.17) is 4.74 Å². The van der Waals surface area contributed by atoms with Gasteiger partial charge in [0, 0.05) is 17.6 Å². The molecule has 2 atom stereocenters. The van der Waals surface area contributed by atoms with E-state index in [0.717, 1.165) is 16.7 Å². The number of para-hydroxylation sites is 1. The van der Waals surface area contributed by atoms with E-state index in [9.17, 15) is 14.0 Å². The number of nitrogens with one attached hydrogen (secondary N) is 1. The van der Waals surface area contributed by atoms with E-state index in [0.29, 0.717) is 30.8 Å². The van der Waals surface area contributed by atoms with Crippen LogP contribution in [0.15, 0.2) is 72.8 Å². The lowest BCUT2D eigenvalue weighted by Gasteiger charge is -2.41. The summed E-state index contributed by atoms with van der Waals surface area (Å²) in [7, 11) is 0. The van der Waals surface area contributed by atoms with Crippen molar-refractivity contribution >= 4 is 17.5 Å². The largest absolute Gasteiger partial charge is 0.481 e. The van der Waals surface area contributed by atoms with Gasteiger partial charge in [-0.2, -0.15) is 0 Å². The minimum Gasteiger partial charge on any atom is -0.481 e. The van der Waals surface area contributed by atoms with Gasteiger partial charge >= 0.3 is 0 Å². The summed E-state index contributed by atoms with van der Waals surface area (Å²) in [4.78, 5) is 28.2. The van der Waals surface area contributed by atoms with E-state index < -0.39 is 11.5 Å². The van der Waals surface area contributed by atoms with Crippen LogP contribution in [-0.2, 0) is 16.0 Å². The molecule has 0 fully saturated rings. The van der Waals surface area contributed by atoms with Gasteiger partial charge in [-0.25, -0.2) is 4.39 Å². The molecular formula is C30H33FN2O3. The number of amides is 2. The first-order chi connectivity index (χ1) is 17.2. The fraction of sp³-hybridized carbons (Fsp3) is 0.333. The van der Waals surface area contributed by atoms with Crippen molar-refractivity contribution in [3.8, 4) is 5.75 Å². The molecule has 36 heavy (non-hydrogen) atoms. The van der Waals surface area contributed by atoms with Crippen LogP contribution >= 0.6 is 0 Å². The van der Waals surface area contributed by atoms with Crippen LogP contribution < -0.4 is 10.1 Å². The van der Waals surface area contributed by atoms with Crippen molar-refractivity contribution in [1.29, 1.82) is 0 Å². The van der Waals surface area contributed by atoms with Gasteiger partial charge in [-0.1, -0.05) is 64.1 Å². The Morgan fingerprint density at radius 1 is 1.06 bits per heavy atom. The van der Waals surface area contributed by atoms with E-state index >= 15 is 0 Å². The van der Waals surface area contributed by atoms with Gasteiger partial charge in [-0.05, 0) is 65.9 Å². The predicted molar refractivity (Wildman–Crippen MR) is 139 cm³/mol. The first-order valence-electron chi connectivity index (χ1n) is 12.4. The number of carbonyl (C=O) groups is 2. The highest BCUT2D eigenvalue weighted by Crippen LogP contribution is 2.39. The standard InChI is InChI=1S/C30H33FN2O3/c1-5-26(28(34)32-23-9-7-6-8-10-23)36-24-16-13-20-17-18-33(29(35)30(2,3)4)27(25(20)19-24)21-11-14-22(31)15-12-21/h6-16,19,26-27H,5,17-18H2,1-4H3,(H,32,34). The molecule has 1 N–H and O–H groups in total. The first kappa shape index (κ1) is 25.4. The van der Waals surface area contributed by atoms with Gasteiger partial charge in [-0.3, -0.25) is 9.59 Å². The zero-order valence-corrected chi connectivity index (χ0v) is 21.3. The quantitative estimate of drug-likeness (QED) is 0.453. The smallest absolute Gasteiger partial charge is 0.265 e. The van der Waals surface area contributed by atoms with Gasteiger partial charge in [-0.15, -0.1) is 0 Å². The molecule has 188 valence electrons. The Morgan fingerprint density at radius 3 is 2.39 bits per heavy atom. The zero-order valence-electron chi connectivity index (χ0n) is 21.3. The highest BCUT2D eigenvalue weighted by Gasteiger charge is 2.37. The number of rotatable bonds is 6. The second-order valence-corrected chi connectivity index (χ2v) is 10.2. The summed E-state index contributed by atoms with van der Waals surface area (Å²) < 4.78 is 19.9. The third-order valence-corrected chi connectivity index (χ3v) is 6.42. The Hall–Kier alpha value is -3.67. The summed E-state index contributed by atoms with van der Waals surface area (Å²) in [6.45, 7) is 8.19. The Labute approximate surface area is 212 Å². The van der Waals surface area contributed by atoms with Crippen molar-refractivity contribution < 1.29 is 18.7 Å². The average molecular weight is 489 g/mol. The van der Waals surface area contributed by atoms with Crippen molar-refractivity contribution in [3.63, 3.8) is 0 Å². The molecule has 0 aromatic heterocycles. The predicted octanol–water partition coefficient (Wildman–Crippen LogP) is 6.14. The molecule has 5 nitrogen and oxygen atoms in total. The van der Waals surface area contributed by atoms with E-state index in [1.54, 1.807) is 12.1 Å². The number of benzene rings is 3. The monoisotopic (exact) mass is 488 g/mol. The summed E-state index contributed by atoms with van der Waals surface area (Å²) in [6.07, 6.45) is 0.524. The van der Waals surface area contributed by atoms with Crippen LogP contribution in [0.3, 0.4) is 0 Å². The molecule has 0 saturated heterocycles. The van der Waals surface area contributed by atoms with Gasteiger partial charge in [0.1, 0.15) is 11.6 Å². The second kappa shape index (κ2) is 10.5. The molecule has 1 aliphatic heterocycles. The zero-order chi connectivity index (χ0) is 25.9. The molecule has 2 unspecified atom stereocenters. The van der Waals surface area contributed by atoms with Gasteiger partial charge in [0.15, 0.2) is 6.10 Å². The molecule has 1 heterocycles. The Kier molecular flexibility index (Phi) is 7.43. The van der Waals surface area contributed by atoms with Crippen molar-refractivity contribution in [2.45, 2.75) is 52.7 Å². The molecule has 0 aliphatic carbocycles. The van der Waals surface area contributed by atoms with Crippen LogP contribution in [0.2, 0.25) is 0 Å². The third-order valence-electron chi connectivity index (χ3n) is 6.42. The van der Waals surface area contributed by atoms with Gasteiger partial charge in [0.25, 0.3) is 5.91 Å². The molecule has 3 aromatic carbocycles. The van der Waals surface area contributed by atoms with Crippen LogP contribution in [0.4, 0.5) is 10.1 Å². The minimum atomic E-state index is -0.677. The highest BCUT2D eigenvalue weighted by molar-refractivity contribution is 5.94. The molecular weight excluding hydrogens is 455 g/mol. The number of fused-ring (bicyclic) bond motifs is 1. The lowest BCUT2D eigenvalue weighted by atomic mass is 9.85. The number of halogens is 1. The summed E-state index contributed by atoms with van der Waals surface area (Å²) in [5.74, 6) is 0.0419. The fourth-order valence-electron chi connectivity index (χ4n) is 4.55. The third kappa shape index (κ3) is 5.59. The number of hydrogen-bond donors (Lipinski definition) is 1. The van der Waals surface area contributed by atoms with Gasteiger partial charge in [0.2, 0.25) is 5.91 Å². The molecule has 0 radical (unpaired) electrons. The molecule has 0 spiro atoms. The van der Waals surface area contributed by atoms with Gasteiger partial charge in [0.05, 0.1) is 6.04 Å². The first-order valence-corrected chi connectivity index (χ1v) is 12.4. The summed E-state index contributed by atoms with van der Waals surface area (Å²) >= 11 is 0. The Morgan fingerprint density at radius 2 is 1.75 bits per heavy atom. The maximum absolute atomic E-state index is 13.7. The van der Waals surface area contributed by atoms with Crippen LogP contribution in [0, 0.1) is 11.2 Å². The van der Waals surface area contributed by atoms with Crippen molar-refractivity contribution in [2.75, 3.05) is 11.9 Å². The van der Waals surface area contributed by atoms with Crippen LogP contribution in [-0.4, -0.2) is 29.4 Å². The van der Waals surface area contributed by atoms with Crippen molar-refractivity contribution in [1.82, 2.24) is 4.90 Å². The van der Waals surface area contributed by atoms with Crippen LogP contribution in [0.25, 0.3) is 0 Å². The van der Waals surface area contributed by atoms with E-state index in [-0.39, 0.29) is 23.7 Å². The minimum absolute atomic E-state index is 0.0301. The Balaban J connectivity index is 1.66. The summed E-state index contributed by atoms with van der Waals surface area (Å²) in [5.41, 5.74) is 3.02. The Bertz CT molecular complexity index is 1220. The SMILES string of the molecule is CCC(Oc1ccc2c(c1)C(c1ccc(F)cc1)N(C(=O)C(C)(C)C)CC2)C(=O)Nc1ccccc1. The highest BCUT2D eigenvalue weighted by atomic mass is 19.1. The topological polar surface area (TPSA) is 58.6 Å². The molecule has 2 amide bonds. The fourth-order valence-corrected chi connectivity index (χ4v) is 4.55. The number of carbonyl (C=O) groups excluding carboxylic acids is 2. The summed E-state index contributed by atoms with van der Waals surface area (Å²) in [5, 5.41) is 2.90. The second-order valence-electron chi connectivity index (χ2n) is 10.2. The summed E-state index contributed by atoms with van der Waals surface area (Å²) in [6, 6.07) is 21.0. The normalized spacial score (nSPS) is 16.1. The maximum Gasteiger partial charge on any atom is 0.265 e. The lowest BCUT2D eigenvalue weighted by Crippen LogP contribution is -2.45. The number of nitrogens with zero attached hydrogens (tertiary/aromatic N) is 1. The number of anilines is 1. The molecule has 3 aromatic rings. The van der Waals surface area contributed by atoms with E-state index in [2.05, 4.69) is 5.32 Å². The molecule has 1 aliphatic rings. The number of ether oxygens (including phenoxy) is 1.